The van der Waals surface area contributed by atoms with Gasteiger partial charge in [0.15, 0.2) is 0 Å². The number of halogens is 1. The van der Waals surface area contributed by atoms with Crippen molar-refractivity contribution in [3.8, 4) is 5.75 Å². The van der Waals surface area contributed by atoms with Gasteiger partial charge >= 0.3 is 0 Å². The molecule has 1 saturated heterocycles. The van der Waals surface area contributed by atoms with Crippen LogP contribution in [0.3, 0.4) is 0 Å². The second-order valence-corrected chi connectivity index (χ2v) is 8.47. The number of benzene rings is 2. The van der Waals surface area contributed by atoms with E-state index in [1.807, 2.05) is 48.5 Å². The maximum atomic E-state index is 12.9. The van der Waals surface area contributed by atoms with Gasteiger partial charge in [0.2, 0.25) is 0 Å². The SMILES string of the molecule is O=C1[C@@H]2[C@@H](C(=O)N1/N=C\c1ccccc1OCc1cccc(Cl)c1)[C@H]1C=C[C@H]2CC1. The Morgan fingerprint density at radius 2 is 1.70 bits per heavy atom. The van der Waals surface area contributed by atoms with Gasteiger partial charge in [0.1, 0.15) is 12.4 Å². The van der Waals surface area contributed by atoms with Crippen molar-refractivity contribution in [2.24, 2.45) is 28.8 Å². The minimum Gasteiger partial charge on any atom is -0.488 e. The third kappa shape index (κ3) is 3.33. The van der Waals surface area contributed by atoms with E-state index in [-0.39, 0.29) is 35.5 Å². The van der Waals surface area contributed by atoms with Crippen molar-refractivity contribution in [1.82, 2.24) is 5.01 Å². The van der Waals surface area contributed by atoms with E-state index in [1.165, 1.54) is 6.21 Å². The number of allylic oxidation sites excluding steroid dienone is 2. The van der Waals surface area contributed by atoms with Crippen LogP contribution in [0.5, 0.6) is 5.75 Å². The predicted molar refractivity (Wildman–Crippen MR) is 114 cm³/mol. The minimum absolute atomic E-state index is 0.157. The first-order valence-electron chi connectivity index (χ1n) is 10.2. The summed E-state index contributed by atoms with van der Waals surface area (Å²) in [5, 5.41) is 6.01. The average molecular weight is 421 g/mol. The van der Waals surface area contributed by atoms with Crippen LogP contribution in [-0.4, -0.2) is 23.0 Å². The number of imide groups is 1. The summed E-state index contributed by atoms with van der Waals surface area (Å²) in [5.74, 6) is 0.0603. The number of fused-ring (bicyclic) bond motifs is 1. The van der Waals surface area contributed by atoms with Crippen LogP contribution in [0.4, 0.5) is 0 Å². The maximum Gasteiger partial charge on any atom is 0.254 e. The third-order valence-electron chi connectivity index (χ3n) is 6.25. The number of nitrogens with zero attached hydrogens (tertiary/aromatic N) is 2. The largest absolute Gasteiger partial charge is 0.488 e. The van der Waals surface area contributed by atoms with Crippen molar-refractivity contribution in [1.29, 1.82) is 0 Å². The molecule has 0 aromatic heterocycles. The molecule has 0 spiro atoms. The molecule has 6 rings (SSSR count). The lowest BCUT2D eigenvalue weighted by molar-refractivity contribution is -0.140. The molecule has 1 heterocycles. The van der Waals surface area contributed by atoms with Crippen molar-refractivity contribution in [2.45, 2.75) is 19.4 Å². The van der Waals surface area contributed by atoms with E-state index in [0.29, 0.717) is 22.9 Å². The summed E-state index contributed by atoms with van der Waals surface area (Å²) in [6.45, 7) is 0.353. The van der Waals surface area contributed by atoms with Crippen molar-refractivity contribution in [3.05, 3.63) is 76.8 Å². The van der Waals surface area contributed by atoms with Crippen LogP contribution < -0.4 is 4.74 Å². The van der Waals surface area contributed by atoms with E-state index >= 15 is 0 Å². The summed E-state index contributed by atoms with van der Waals surface area (Å²) >= 11 is 6.03. The predicted octanol–water partition coefficient (Wildman–Crippen LogP) is 4.45. The molecule has 4 aliphatic rings. The molecule has 1 aliphatic heterocycles. The van der Waals surface area contributed by atoms with Gasteiger partial charge in [-0.1, -0.05) is 48.0 Å². The lowest BCUT2D eigenvalue weighted by Gasteiger charge is -2.37. The summed E-state index contributed by atoms with van der Waals surface area (Å²) in [4.78, 5) is 25.8. The fourth-order valence-electron chi connectivity index (χ4n) is 4.80. The molecule has 2 aromatic carbocycles. The van der Waals surface area contributed by atoms with Crippen molar-refractivity contribution in [3.63, 3.8) is 0 Å². The van der Waals surface area contributed by atoms with Crippen LogP contribution in [0.15, 0.2) is 65.8 Å². The Bertz CT molecular complexity index is 1030. The van der Waals surface area contributed by atoms with Crippen LogP contribution in [0.2, 0.25) is 5.02 Å². The van der Waals surface area contributed by atoms with Gasteiger partial charge in [-0.05, 0) is 54.5 Å². The minimum atomic E-state index is -0.257. The first-order chi connectivity index (χ1) is 14.6. The van der Waals surface area contributed by atoms with Crippen molar-refractivity contribution < 1.29 is 14.3 Å². The van der Waals surface area contributed by atoms with Crippen LogP contribution in [0.1, 0.15) is 24.0 Å². The van der Waals surface area contributed by atoms with Crippen molar-refractivity contribution >= 4 is 29.6 Å². The van der Waals surface area contributed by atoms with Gasteiger partial charge in [-0.3, -0.25) is 9.59 Å². The Kier molecular flexibility index (Phi) is 4.91. The number of hydrogen-bond donors (Lipinski definition) is 0. The summed E-state index contributed by atoms with van der Waals surface area (Å²) in [6.07, 6.45) is 7.69. The summed E-state index contributed by atoms with van der Waals surface area (Å²) in [5.41, 5.74) is 1.65. The molecule has 1 saturated carbocycles. The number of para-hydroxylation sites is 1. The Balaban J connectivity index is 1.34. The number of carbonyl (C=O) groups excluding carboxylic acids is 2. The van der Waals surface area contributed by atoms with Gasteiger partial charge in [-0.2, -0.15) is 10.1 Å². The van der Waals surface area contributed by atoms with E-state index in [4.69, 9.17) is 16.3 Å². The number of ether oxygens (including phenoxy) is 1. The molecule has 4 atom stereocenters. The zero-order chi connectivity index (χ0) is 20.7. The van der Waals surface area contributed by atoms with E-state index in [0.717, 1.165) is 23.4 Å². The first kappa shape index (κ1) is 19.1. The number of hydrogen-bond acceptors (Lipinski definition) is 4. The van der Waals surface area contributed by atoms with Gasteiger partial charge in [-0.15, -0.1) is 0 Å². The number of rotatable bonds is 5. The fraction of sp³-hybridized carbons (Fsp3) is 0.292. The molecule has 2 fully saturated rings. The lowest BCUT2D eigenvalue weighted by Crippen LogP contribution is -2.38. The monoisotopic (exact) mass is 420 g/mol. The maximum absolute atomic E-state index is 12.9. The summed E-state index contributed by atoms with van der Waals surface area (Å²) < 4.78 is 5.94. The molecule has 152 valence electrons. The molecule has 2 aromatic rings. The molecular formula is C24H21ClN2O3. The first-order valence-corrected chi connectivity index (χ1v) is 10.6. The van der Waals surface area contributed by atoms with Gasteiger partial charge in [0.05, 0.1) is 18.1 Å². The zero-order valence-corrected chi connectivity index (χ0v) is 17.0. The second kappa shape index (κ2) is 7.73. The molecule has 6 heteroatoms. The Labute approximate surface area is 180 Å². The van der Waals surface area contributed by atoms with Gasteiger partial charge in [-0.25, -0.2) is 0 Å². The summed E-state index contributed by atoms with van der Waals surface area (Å²) in [6, 6.07) is 14.9. The molecule has 3 aliphatic carbocycles. The zero-order valence-electron chi connectivity index (χ0n) is 16.3. The standard InChI is InChI=1S/C24H21ClN2O3/c25-19-6-3-4-15(12-19)14-30-20-7-2-1-5-18(20)13-26-27-23(28)21-16-8-9-17(11-10-16)22(21)24(27)29/h1-9,12-13,16-17,21-22H,10-11,14H2/b26-13-/t16-,17-,21-,22-/m0/s1. The van der Waals surface area contributed by atoms with E-state index in [9.17, 15) is 9.59 Å². The van der Waals surface area contributed by atoms with Gasteiger partial charge in [0, 0.05) is 10.6 Å². The highest BCUT2D eigenvalue weighted by Crippen LogP contribution is 2.49. The highest BCUT2D eigenvalue weighted by molar-refractivity contribution is 6.30. The Morgan fingerprint density at radius 1 is 1.00 bits per heavy atom. The van der Waals surface area contributed by atoms with Crippen molar-refractivity contribution in [2.75, 3.05) is 0 Å². The molecule has 0 N–H and O–H groups in total. The van der Waals surface area contributed by atoms with Gasteiger partial charge < -0.3 is 4.74 Å². The lowest BCUT2D eigenvalue weighted by atomic mass is 9.63. The quantitative estimate of drug-likeness (QED) is 0.408. The topological polar surface area (TPSA) is 59.0 Å². The van der Waals surface area contributed by atoms with Crippen LogP contribution in [0.25, 0.3) is 0 Å². The molecule has 30 heavy (non-hydrogen) atoms. The van der Waals surface area contributed by atoms with E-state index in [1.54, 1.807) is 0 Å². The molecule has 0 radical (unpaired) electrons. The Hall–Kier alpha value is -2.92. The summed E-state index contributed by atoms with van der Waals surface area (Å²) in [7, 11) is 0. The number of carbonyl (C=O) groups is 2. The molecule has 2 bridgehead atoms. The van der Waals surface area contributed by atoms with E-state index in [2.05, 4.69) is 17.3 Å². The second-order valence-electron chi connectivity index (χ2n) is 8.03. The fourth-order valence-corrected chi connectivity index (χ4v) is 5.01. The van der Waals surface area contributed by atoms with Crippen LogP contribution in [-0.2, 0) is 16.2 Å². The molecule has 0 unspecified atom stereocenters. The van der Waals surface area contributed by atoms with E-state index < -0.39 is 0 Å². The third-order valence-corrected chi connectivity index (χ3v) is 6.49. The molecule has 5 nitrogen and oxygen atoms in total. The van der Waals surface area contributed by atoms with Crippen LogP contribution >= 0.6 is 11.6 Å². The average Bonchev–Trinajstić information content (AvgIpc) is 3.04. The van der Waals surface area contributed by atoms with Gasteiger partial charge in [0.25, 0.3) is 11.8 Å². The highest BCUT2D eigenvalue weighted by Gasteiger charge is 2.56. The highest BCUT2D eigenvalue weighted by atomic mass is 35.5. The molecule has 2 amide bonds. The smallest absolute Gasteiger partial charge is 0.254 e. The number of amides is 2. The molecular weight excluding hydrogens is 400 g/mol. The number of hydrazone groups is 1. The Morgan fingerprint density at radius 3 is 2.37 bits per heavy atom. The van der Waals surface area contributed by atoms with Crippen LogP contribution in [0, 0.1) is 23.7 Å². The normalized spacial score (nSPS) is 27.2.